The molecule has 0 saturated carbocycles. The lowest BCUT2D eigenvalue weighted by molar-refractivity contribution is 0.0705. The third kappa shape index (κ3) is 2.89. The van der Waals surface area contributed by atoms with Gasteiger partial charge < -0.3 is 14.3 Å². The number of aromatic amines is 1. The quantitative estimate of drug-likeness (QED) is 0.567. The molecular formula is C22H21N3O2. The number of hydrogen-bond donors (Lipinski definition) is 1. The highest BCUT2D eigenvalue weighted by Gasteiger charge is 2.27. The van der Waals surface area contributed by atoms with Crippen LogP contribution in [0.5, 0.6) is 0 Å². The van der Waals surface area contributed by atoms with Gasteiger partial charge in [0.05, 0.1) is 11.0 Å². The molecule has 0 spiro atoms. The van der Waals surface area contributed by atoms with E-state index in [2.05, 4.69) is 4.98 Å². The Morgan fingerprint density at radius 3 is 3.00 bits per heavy atom. The van der Waals surface area contributed by atoms with Gasteiger partial charge in [0.2, 0.25) is 0 Å². The summed E-state index contributed by atoms with van der Waals surface area (Å²) >= 11 is 0. The summed E-state index contributed by atoms with van der Waals surface area (Å²) in [5.41, 5.74) is 3.57. The van der Waals surface area contributed by atoms with Crippen molar-refractivity contribution in [2.45, 2.75) is 25.7 Å². The van der Waals surface area contributed by atoms with Crippen LogP contribution >= 0.6 is 0 Å². The molecule has 0 radical (unpaired) electrons. The number of nitrogens with zero attached hydrogens (tertiary/aromatic N) is 2. The van der Waals surface area contributed by atoms with Crippen molar-refractivity contribution in [2.24, 2.45) is 0 Å². The fourth-order valence-electron chi connectivity index (χ4n) is 4.04. The van der Waals surface area contributed by atoms with Crippen molar-refractivity contribution in [3.05, 3.63) is 65.7 Å². The molecule has 0 bridgehead atoms. The summed E-state index contributed by atoms with van der Waals surface area (Å²) in [6, 6.07) is 15.7. The SMILES string of the molecule is Cc1cc2cc(C(=O)N3CCC[C@H](c4nc5ccccc5[nH]4)C3)ccc2o1. The summed E-state index contributed by atoms with van der Waals surface area (Å²) in [5.74, 6) is 2.17. The second kappa shape index (κ2) is 6.27. The van der Waals surface area contributed by atoms with E-state index in [1.54, 1.807) is 0 Å². The number of hydrogen-bond acceptors (Lipinski definition) is 3. The summed E-state index contributed by atoms with van der Waals surface area (Å²) < 4.78 is 5.61. The average molecular weight is 359 g/mol. The molecule has 1 saturated heterocycles. The molecule has 136 valence electrons. The molecule has 3 heterocycles. The number of benzene rings is 2. The van der Waals surface area contributed by atoms with Gasteiger partial charge in [-0.15, -0.1) is 0 Å². The van der Waals surface area contributed by atoms with Gasteiger partial charge in [-0.2, -0.15) is 0 Å². The number of carbonyl (C=O) groups is 1. The first-order valence-electron chi connectivity index (χ1n) is 9.41. The number of aromatic nitrogens is 2. The zero-order valence-electron chi connectivity index (χ0n) is 15.2. The molecule has 1 N–H and O–H groups in total. The molecule has 1 fully saturated rings. The van der Waals surface area contributed by atoms with Crippen molar-refractivity contribution in [3.8, 4) is 0 Å². The van der Waals surface area contributed by atoms with Gasteiger partial charge in [0.15, 0.2) is 0 Å². The van der Waals surface area contributed by atoms with Gasteiger partial charge in [0.1, 0.15) is 17.2 Å². The summed E-state index contributed by atoms with van der Waals surface area (Å²) in [5, 5.41) is 0.976. The molecule has 1 aliphatic rings. The predicted molar refractivity (Wildman–Crippen MR) is 105 cm³/mol. The summed E-state index contributed by atoms with van der Waals surface area (Å²) in [7, 11) is 0. The molecule has 4 aromatic rings. The minimum absolute atomic E-state index is 0.0802. The first-order valence-corrected chi connectivity index (χ1v) is 9.41. The van der Waals surface area contributed by atoms with Crippen LogP contribution in [0.1, 0.15) is 40.7 Å². The lowest BCUT2D eigenvalue weighted by Crippen LogP contribution is -2.39. The Balaban J connectivity index is 1.39. The Labute approximate surface area is 157 Å². The second-order valence-electron chi connectivity index (χ2n) is 7.34. The lowest BCUT2D eigenvalue weighted by atomic mass is 9.96. The monoisotopic (exact) mass is 359 g/mol. The third-order valence-electron chi connectivity index (χ3n) is 5.39. The number of carbonyl (C=O) groups excluding carboxylic acids is 1. The Bertz CT molecular complexity index is 1110. The molecule has 2 aromatic carbocycles. The van der Waals surface area contributed by atoms with Crippen LogP contribution in [-0.2, 0) is 0 Å². The highest BCUT2D eigenvalue weighted by Crippen LogP contribution is 2.28. The molecule has 5 nitrogen and oxygen atoms in total. The molecule has 1 atom stereocenters. The van der Waals surface area contributed by atoms with Crippen molar-refractivity contribution in [1.82, 2.24) is 14.9 Å². The van der Waals surface area contributed by atoms with Crippen LogP contribution in [0.4, 0.5) is 0 Å². The van der Waals surface area contributed by atoms with Crippen molar-refractivity contribution in [1.29, 1.82) is 0 Å². The van der Waals surface area contributed by atoms with E-state index in [9.17, 15) is 4.79 Å². The van der Waals surface area contributed by atoms with E-state index in [0.717, 1.165) is 53.0 Å². The van der Waals surface area contributed by atoms with E-state index in [4.69, 9.17) is 9.40 Å². The number of rotatable bonds is 2. The summed E-state index contributed by atoms with van der Waals surface area (Å²) in [4.78, 5) is 23.2. The fourth-order valence-corrected chi connectivity index (χ4v) is 4.04. The van der Waals surface area contributed by atoms with Crippen LogP contribution in [0.3, 0.4) is 0 Å². The number of aryl methyl sites for hydroxylation is 1. The number of nitrogens with one attached hydrogen (secondary N) is 1. The maximum Gasteiger partial charge on any atom is 0.253 e. The first-order chi connectivity index (χ1) is 13.2. The van der Waals surface area contributed by atoms with Crippen LogP contribution in [0, 0.1) is 6.92 Å². The van der Waals surface area contributed by atoms with Crippen LogP contribution in [0.25, 0.3) is 22.0 Å². The number of imidazole rings is 1. The average Bonchev–Trinajstić information content (AvgIpc) is 3.29. The van der Waals surface area contributed by atoms with E-state index in [1.165, 1.54) is 0 Å². The normalized spacial score (nSPS) is 17.7. The summed E-state index contributed by atoms with van der Waals surface area (Å²) in [6.45, 7) is 3.41. The Hall–Kier alpha value is -3.08. The smallest absolute Gasteiger partial charge is 0.253 e. The number of furan rings is 1. The van der Waals surface area contributed by atoms with Crippen LogP contribution in [-0.4, -0.2) is 33.9 Å². The van der Waals surface area contributed by atoms with Gasteiger partial charge >= 0.3 is 0 Å². The minimum atomic E-state index is 0.0802. The van der Waals surface area contributed by atoms with Gasteiger partial charge in [0.25, 0.3) is 5.91 Å². The number of piperidine rings is 1. The molecule has 27 heavy (non-hydrogen) atoms. The molecule has 5 heteroatoms. The molecule has 2 aromatic heterocycles. The standard InChI is InChI=1S/C22H21N3O2/c1-14-11-17-12-15(8-9-20(17)27-14)22(26)25-10-4-5-16(13-25)21-23-18-6-2-3-7-19(18)24-21/h2-3,6-9,11-12,16H,4-5,10,13H2,1H3,(H,23,24)/t16-/m0/s1. The maximum atomic E-state index is 13.1. The van der Waals surface area contributed by atoms with Crippen molar-refractivity contribution in [3.63, 3.8) is 0 Å². The zero-order chi connectivity index (χ0) is 18.4. The largest absolute Gasteiger partial charge is 0.461 e. The number of H-pyrrole nitrogens is 1. The van der Waals surface area contributed by atoms with Crippen LogP contribution in [0.2, 0.25) is 0 Å². The Morgan fingerprint density at radius 2 is 2.11 bits per heavy atom. The number of para-hydroxylation sites is 2. The van der Waals surface area contributed by atoms with Crippen LogP contribution < -0.4 is 0 Å². The second-order valence-corrected chi connectivity index (χ2v) is 7.34. The van der Waals surface area contributed by atoms with Gasteiger partial charge in [-0.1, -0.05) is 12.1 Å². The Kier molecular flexibility index (Phi) is 3.74. The predicted octanol–water partition coefficient (Wildman–Crippen LogP) is 4.64. The Morgan fingerprint density at radius 1 is 1.22 bits per heavy atom. The van der Waals surface area contributed by atoms with Crippen LogP contribution in [0.15, 0.2) is 52.9 Å². The summed E-state index contributed by atoms with van der Waals surface area (Å²) in [6.07, 6.45) is 2.03. The van der Waals surface area contributed by atoms with E-state index < -0.39 is 0 Å². The van der Waals surface area contributed by atoms with E-state index in [-0.39, 0.29) is 11.8 Å². The van der Waals surface area contributed by atoms with E-state index in [1.807, 2.05) is 60.4 Å². The molecule has 0 unspecified atom stereocenters. The number of likely N-dealkylation sites (tertiary alicyclic amines) is 1. The van der Waals surface area contributed by atoms with Gasteiger partial charge in [-0.3, -0.25) is 4.79 Å². The van der Waals surface area contributed by atoms with Crippen molar-refractivity contribution in [2.75, 3.05) is 13.1 Å². The van der Waals surface area contributed by atoms with Crippen molar-refractivity contribution >= 4 is 27.9 Å². The van der Waals surface area contributed by atoms with Gasteiger partial charge in [0, 0.05) is 30.0 Å². The number of amides is 1. The molecular weight excluding hydrogens is 338 g/mol. The van der Waals surface area contributed by atoms with E-state index >= 15 is 0 Å². The van der Waals surface area contributed by atoms with Gasteiger partial charge in [-0.25, -0.2) is 4.98 Å². The molecule has 5 rings (SSSR count). The highest BCUT2D eigenvalue weighted by molar-refractivity contribution is 5.98. The van der Waals surface area contributed by atoms with Gasteiger partial charge in [-0.05, 0) is 56.2 Å². The first kappa shape index (κ1) is 16.1. The molecule has 0 aliphatic carbocycles. The highest BCUT2D eigenvalue weighted by atomic mass is 16.3. The third-order valence-corrected chi connectivity index (χ3v) is 5.39. The topological polar surface area (TPSA) is 62.1 Å². The number of fused-ring (bicyclic) bond motifs is 2. The minimum Gasteiger partial charge on any atom is -0.461 e. The molecule has 1 aliphatic heterocycles. The molecule has 1 amide bonds. The fraction of sp³-hybridized carbons (Fsp3) is 0.273. The zero-order valence-corrected chi connectivity index (χ0v) is 15.2. The van der Waals surface area contributed by atoms with Crippen molar-refractivity contribution < 1.29 is 9.21 Å². The lowest BCUT2D eigenvalue weighted by Gasteiger charge is -2.32. The maximum absolute atomic E-state index is 13.1. The van der Waals surface area contributed by atoms with E-state index in [0.29, 0.717) is 12.1 Å².